The van der Waals surface area contributed by atoms with E-state index in [1.807, 2.05) is 12.1 Å². The molecule has 29 heavy (non-hydrogen) atoms. The van der Waals surface area contributed by atoms with Gasteiger partial charge in [-0.3, -0.25) is 4.79 Å². The summed E-state index contributed by atoms with van der Waals surface area (Å²) in [5, 5.41) is 10.7. The van der Waals surface area contributed by atoms with Gasteiger partial charge in [0.05, 0.1) is 5.69 Å². The first-order valence-corrected chi connectivity index (χ1v) is 9.47. The fourth-order valence-corrected chi connectivity index (χ4v) is 3.52. The second kappa shape index (κ2) is 7.55. The van der Waals surface area contributed by atoms with Crippen LogP contribution in [0.25, 0.3) is 0 Å². The molecule has 10 heteroatoms. The van der Waals surface area contributed by atoms with Crippen LogP contribution >= 0.6 is 11.3 Å². The monoisotopic (exact) mass is 418 g/mol. The van der Waals surface area contributed by atoms with E-state index >= 15 is 0 Å². The molecular formula is C19H16F2N4O3S. The number of benzene rings is 1. The van der Waals surface area contributed by atoms with Gasteiger partial charge in [0.25, 0.3) is 5.91 Å². The van der Waals surface area contributed by atoms with Crippen LogP contribution in [0.15, 0.2) is 48.0 Å². The molecule has 0 radical (unpaired) electrons. The van der Waals surface area contributed by atoms with Crippen molar-refractivity contribution in [3.63, 3.8) is 0 Å². The van der Waals surface area contributed by atoms with Crippen LogP contribution in [0.3, 0.4) is 0 Å². The topological polar surface area (TPSA) is 84.5 Å². The number of fused-ring (bicyclic) bond motifs is 1. The summed E-state index contributed by atoms with van der Waals surface area (Å²) in [5.74, 6) is 0.180. The highest BCUT2D eigenvalue weighted by molar-refractivity contribution is 7.12. The van der Waals surface area contributed by atoms with E-state index in [2.05, 4.69) is 30.4 Å². The first kappa shape index (κ1) is 18.9. The van der Waals surface area contributed by atoms with Gasteiger partial charge in [-0.05, 0) is 41.3 Å². The lowest BCUT2D eigenvalue weighted by Gasteiger charge is -2.10. The van der Waals surface area contributed by atoms with Crippen LogP contribution in [0.1, 0.15) is 15.2 Å². The van der Waals surface area contributed by atoms with Gasteiger partial charge in [0, 0.05) is 31.5 Å². The number of amides is 1. The molecule has 0 saturated heterocycles. The summed E-state index contributed by atoms with van der Waals surface area (Å²) < 4.78 is 35.0. The minimum Gasteiger partial charge on any atom is -0.395 e. The third kappa shape index (κ3) is 4.21. The molecule has 1 amide bonds. The molecule has 0 bridgehead atoms. The van der Waals surface area contributed by atoms with Crippen molar-refractivity contribution in [1.82, 2.24) is 4.98 Å². The highest BCUT2D eigenvalue weighted by Crippen LogP contribution is 2.42. The van der Waals surface area contributed by atoms with E-state index < -0.39 is 6.29 Å². The lowest BCUT2D eigenvalue weighted by atomic mass is 10.2. The molecule has 150 valence electrons. The summed E-state index contributed by atoms with van der Waals surface area (Å²) in [7, 11) is 1.79. The van der Waals surface area contributed by atoms with Gasteiger partial charge in [-0.2, -0.15) is 0 Å². The smallest absolute Gasteiger partial charge is 0.395 e. The number of thiophene rings is 1. The van der Waals surface area contributed by atoms with Crippen molar-refractivity contribution >= 4 is 34.4 Å². The van der Waals surface area contributed by atoms with Crippen molar-refractivity contribution in [2.24, 2.45) is 0 Å². The maximum atomic E-state index is 13.1. The van der Waals surface area contributed by atoms with Crippen LogP contribution in [0.2, 0.25) is 0 Å². The number of halogens is 2. The standard InChI is InChI=1S/C19H16F2N4O3S/c1-22-16-8-11(4-6-23-16)10-24-13-5-7-29-17(13)18(26)25-12-2-3-14-15(9-12)28-19(20,21)27-14/h2-9,24H,10H2,1H3,(H,22,23)(H,25,26). The quantitative estimate of drug-likeness (QED) is 0.551. The number of hydrogen-bond donors (Lipinski definition) is 3. The minimum atomic E-state index is -3.70. The number of carbonyl (C=O) groups is 1. The van der Waals surface area contributed by atoms with Crippen LogP contribution in [0, 0.1) is 0 Å². The molecule has 1 aliphatic heterocycles. The minimum absolute atomic E-state index is 0.0789. The highest BCUT2D eigenvalue weighted by atomic mass is 32.1. The molecule has 1 aromatic carbocycles. The van der Waals surface area contributed by atoms with Gasteiger partial charge in [0.2, 0.25) is 0 Å². The van der Waals surface area contributed by atoms with Gasteiger partial charge in [-0.1, -0.05) is 0 Å². The summed E-state index contributed by atoms with van der Waals surface area (Å²) >= 11 is 1.27. The first-order valence-electron chi connectivity index (χ1n) is 8.59. The van der Waals surface area contributed by atoms with Crippen LogP contribution in [0.5, 0.6) is 11.5 Å². The van der Waals surface area contributed by atoms with Gasteiger partial charge in [-0.15, -0.1) is 20.1 Å². The Kier molecular flexibility index (Phi) is 4.93. The third-order valence-electron chi connectivity index (χ3n) is 4.09. The second-order valence-corrected chi connectivity index (χ2v) is 7.02. The fourth-order valence-electron chi connectivity index (χ4n) is 2.76. The number of rotatable bonds is 6. The predicted octanol–water partition coefficient (Wildman–Crippen LogP) is 4.37. The van der Waals surface area contributed by atoms with E-state index in [0.29, 0.717) is 22.8 Å². The Morgan fingerprint density at radius 2 is 2.00 bits per heavy atom. The molecule has 0 saturated carbocycles. The molecule has 7 nitrogen and oxygen atoms in total. The number of carbonyl (C=O) groups excluding carboxylic acids is 1. The largest absolute Gasteiger partial charge is 0.586 e. The second-order valence-electron chi connectivity index (χ2n) is 6.10. The highest BCUT2D eigenvalue weighted by Gasteiger charge is 2.43. The number of nitrogens with one attached hydrogen (secondary N) is 3. The van der Waals surface area contributed by atoms with E-state index in [9.17, 15) is 13.6 Å². The lowest BCUT2D eigenvalue weighted by molar-refractivity contribution is -0.286. The van der Waals surface area contributed by atoms with Crippen molar-refractivity contribution < 1.29 is 23.0 Å². The third-order valence-corrected chi connectivity index (χ3v) is 5.01. The number of aromatic nitrogens is 1. The molecule has 0 atom stereocenters. The normalized spacial score (nSPS) is 13.8. The van der Waals surface area contributed by atoms with Crippen molar-refractivity contribution in [2.45, 2.75) is 12.8 Å². The Labute approximate surface area is 168 Å². The summed E-state index contributed by atoms with van der Waals surface area (Å²) in [4.78, 5) is 17.3. The number of pyridine rings is 1. The van der Waals surface area contributed by atoms with Gasteiger partial charge in [-0.25, -0.2) is 4.98 Å². The van der Waals surface area contributed by atoms with Gasteiger partial charge in [0.15, 0.2) is 11.5 Å². The maximum Gasteiger partial charge on any atom is 0.586 e. The number of nitrogens with zero attached hydrogens (tertiary/aromatic N) is 1. The van der Waals surface area contributed by atoms with Crippen LogP contribution < -0.4 is 25.4 Å². The Morgan fingerprint density at radius 1 is 1.17 bits per heavy atom. The maximum absolute atomic E-state index is 13.1. The summed E-state index contributed by atoms with van der Waals surface area (Å²) in [5.41, 5.74) is 1.99. The Hall–Kier alpha value is -3.40. The molecule has 2 aromatic heterocycles. The zero-order valence-corrected chi connectivity index (χ0v) is 16.0. The van der Waals surface area contributed by atoms with E-state index in [1.54, 1.807) is 24.7 Å². The number of alkyl halides is 2. The Morgan fingerprint density at radius 3 is 2.83 bits per heavy atom. The first-order chi connectivity index (χ1) is 13.9. The lowest BCUT2D eigenvalue weighted by Crippen LogP contribution is -2.25. The number of anilines is 3. The molecule has 3 N–H and O–H groups in total. The Balaban J connectivity index is 1.43. The van der Waals surface area contributed by atoms with Crippen molar-refractivity contribution in [1.29, 1.82) is 0 Å². The van der Waals surface area contributed by atoms with Crippen molar-refractivity contribution in [2.75, 3.05) is 23.0 Å². The molecule has 3 aromatic rings. The number of hydrogen-bond acceptors (Lipinski definition) is 7. The van der Waals surface area contributed by atoms with Crippen LogP contribution in [-0.4, -0.2) is 24.2 Å². The fraction of sp³-hybridized carbons (Fsp3) is 0.158. The molecule has 0 fully saturated rings. The molecule has 3 heterocycles. The Bertz CT molecular complexity index is 1060. The zero-order chi connectivity index (χ0) is 20.4. The molecular weight excluding hydrogens is 402 g/mol. The molecule has 4 rings (SSSR count). The van der Waals surface area contributed by atoms with Crippen LogP contribution in [-0.2, 0) is 6.54 Å². The van der Waals surface area contributed by atoms with E-state index in [0.717, 1.165) is 11.4 Å². The zero-order valence-electron chi connectivity index (χ0n) is 15.2. The summed E-state index contributed by atoms with van der Waals surface area (Å²) in [6, 6.07) is 9.68. The van der Waals surface area contributed by atoms with E-state index in [-0.39, 0.29) is 17.4 Å². The predicted molar refractivity (Wildman–Crippen MR) is 106 cm³/mol. The molecule has 0 aliphatic carbocycles. The summed E-state index contributed by atoms with van der Waals surface area (Å²) in [6.07, 6.45) is -2.00. The SMILES string of the molecule is CNc1cc(CNc2ccsc2C(=O)Nc2ccc3c(c2)OC(F)(F)O3)ccn1. The molecule has 1 aliphatic rings. The van der Waals surface area contributed by atoms with Gasteiger partial charge >= 0.3 is 6.29 Å². The van der Waals surface area contributed by atoms with Crippen molar-refractivity contribution in [3.8, 4) is 11.5 Å². The van der Waals surface area contributed by atoms with Crippen LogP contribution in [0.4, 0.5) is 26.0 Å². The van der Waals surface area contributed by atoms with Crippen molar-refractivity contribution in [3.05, 3.63) is 58.4 Å². The average Bonchev–Trinajstić information content (AvgIpc) is 3.28. The van der Waals surface area contributed by atoms with E-state index in [4.69, 9.17) is 0 Å². The molecule has 0 spiro atoms. The van der Waals surface area contributed by atoms with Gasteiger partial charge in [0.1, 0.15) is 10.7 Å². The molecule has 0 unspecified atom stereocenters. The van der Waals surface area contributed by atoms with Gasteiger partial charge < -0.3 is 25.4 Å². The summed E-state index contributed by atoms with van der Waals surface area (Å²) in [6.45, 7) is 0.507. The number of ether oxygens (including phenoxy) is 2. The van der Waals surface area contributed by atoms with E-state index in [1.165, 1.54) is 29.5 Å². The average molecular weight is 418 g/mol.